The Labute approximate surface area is 126 Å². The third kappa shape index (κ3) is 2.87. The van der Waals surface area contributed by atoms with E-state index in [1.165, 1.54) is 31.3 Å². The van der Waals surface area contributed by atoms with E-state index in [1.54, 1.807) is 0 Å². The van der Waals surface area contributed by atoms with Crippen LogP contribution in [0.15, 0.2) is 29.3 Å². The average Bonchev–Trinajstić information content (AvgIpc) is 2.36. The standard InChI is InChI=1S/C12H10ClNO4S.ClH/c1-2-19(17,18)11-8(12(15)16)3-4-10-9(11)5-7(13)6-14-10;/h3-6H,2H2,1H3,(H,15,16);1H. The molecule has 0 spiro atoms. The zero-order valence-electron chi connectivity index (χ0n) is 10.3. The van der Waals surface area contributed by atoms with Gasteiger partial charge in [-0.1, -0.05) is 18.5 Å². The SMILES string of the molecule is CCS(=O)(=O)c1c(C(=O)O)ccc2ncc(Cl)cc12.Cl. The van der Waals surface area contributed by atoms with Crippen LogP contribution in [-0.2, 0) is 9.84 Å². The van der Waals surface area contributed by atoms with E-state index in [-0.39, 0.29) is 39.0 Å². The zero-order chi connectivity index (χ0) is 14.2. The van der Waals surface area contributed by atoms with Gasteiger partial charge in [0, 0.05) is 11.6 Å². The predicted molar refractivity (Wildman–Crippen MR) is 78.7 cm³/mol. The molecule has 0 aliphatic heterocycles. The number of pyridine rings is 1. The first-order valence-corrected chi connectivity index (χ1v) is 7.44. The van der Waals surface area contributed by atoms with E-state index < -0.39 is 15.8 Å². The molecule has 0 radical (unpaired) electrons. The molecule has 0 amide bonds. The first-order valence-electron chi connectivity index (χ1n) is 5.41. The number of hydrogen-bond donors (Lipinski definition) is 1. The van der Waals surface area contributed by atoms with E-state index in [2.05, 4.69) is 4.98 Å². The Kier molecular flexibility index (Phi) is 4.96. The smallest absolute Gasteiger partial charge is 0.337 e. The van der Waals surface area contributed by atoms with E-state index in [4.69, 9.17) is 16.7 Å². The maximum Gasteiger partial charge on any atom is 0.337 e. The monoisotopic (exact) mass is 335 g/mol. The summed E-state index contributed by atoms with van der Waals surface area (Å²) >= 11 is 5.81. The number of halogens is 2. The first-order chi connectivity index (χ1) is 8.86. The molecule has 1 aromatic heterocycles. The maximum absolute atomic E-state index is 12.1. The minimum absolute atomic E-state index is 0. The summed E-state index contributed by atoms with van der Waals surface area (Å²) in [5, 5.41) is 9.62. The number of carboxylic acids is 1. The third-order valence-electron chi connectivity index (χ3n) is 2.70. The number of carbonyl (C=O) groups is 1. The van der Waals surface area contributed by atoms with Crippen LogP contribution in [0.4, 0.5) is 0 Å². The van der Waals surface area contributed by atoms with Gasteiger partial charge in [0.15, 0.2) is 9.84 Å². The predicted octanol–water partition coefficient (Wildman–Crippen LogP) is 2.80. The van der Waals surface area contributed by atoms with Gasteiger partial charge in [-0.15, -0.1) is 12.4 Å². The molecule has 1 N–H and O–H groups in total. The molecule has 0 saturated heterocycles. The molecule has 108 valence electrons. The molecule has 5 nitrogen and oxygen atoms in total. The van der Waals surface area contributed by atoms with Crippen molar-refractivity contribution in [1.29, 1.82) is 0 Å². The second-order valence-electron chi connectivity index (χ2n) is 3.87. The lowest BCUT2D eigenvalue weighted by Crippen LogP contribution is -2.12. The van der Waals surface area contributed by atoms with Crippen molar-refractivity contribution in [2.75, 3.05) is 5.75 Å². The van der Waals surface area contributed by atoms with Crippen LogP contribution in [-0.4, -0.2) is 30.2 Å². The summed E-state index contributed by atoms with van der Waals surface area (Å²) < 4.78 is 24.2. The normalized spacial score (nSPS) is 11.1. The zero-order valence-corrected chi connectivity index (χ0v) is 12.7. The van der Waals surface area contributed by atoms with Crippen molar-refractivity contribution in [1.82, 2.24) is 4.98 Å². The molecule has 8 heteroatoms. The fourth-order valence-electron chi connectivity index (χ4n) is 1.80. The lowest BCUT2D eigenvalue weighted by atomic mass is 10.1. The number of hydrogen-bond acceptors (Lipinski definition) is 4. The summed E-state index contributed by atoms with van der Waals surface area (Å²) in [6.07, 6.45) is 1.38. The second-order valence-corrected chi connectivity index (χ2v) is 6.52. The van der Waals surface area contributed by atoms with Gasteiger partial charge < -0.3 is 5.11 Å². The van der Waals surface area contributed by atoms with Gasteiger partial charge in [0.05, 0.1) is 26.8 Å². The van der Waals surface area contributed by atoms with Crippen molar-refractivity contribution in [3.05, 3.63) is 35.0 Å². The molecule has 0 unspecified atom stereocenters. The van der Waals surface area contributed by atoms with Crippen molar-refractivity contribution >= 4 is 50.7 Å². The molecule has 20 heavy (non-hydrogen) atoms. The van der Waals surface area contributed by atoms with Crippen molar-refractivity contribution in [3.8, 4) is 0 Å². The van der Waals surface area contributed by atoms with E-state index in [1.807, 2.05) is 0 Å². The van der Waals surface area contributed by atoms with Crippen molar-refractivity contribution in [2.45, 2.75) is 11.8 Å². The van der Waals surface area contributed by atoms with Gasteiger partial charge in [-0.05, 0) is 18.2 Å². The molecule has 1 heterocycles. The Bertz CT molecular complexity index is 774. The van der Waals surface area contributed by atoms with Crippen LogP contribution in [0, 0.1) is 0 Å². The topological polar surface area (TPSA) is 84.3 Å². The highest BCUT2D eigenvalue weighted by Gasteiger charge is 2.24. The quantitative estimate of drug-likeness (QED) is 0.932. The Hall–Kier alpha value is -1.37. The number of carboxylic acid groups (broad SMARTS) is 1. The number of nitrogens with zero attached hydrogens (tertiary/aromatic N) is 1. The number of aromatic nitrogens is 1. The highest BCUT2D eigenvalue weighted by atomic mass is 35.5. The van der Waals surface area contributed by atoms with Gasteiger partial charge in [-0.2, -0.15) is 0 Å². The molecule has 0 atom stereocenters. The number of sulfone groups is 1. The molecule has 2 rings (SSSR count). The van der Waals surface area contributed by atoms with Crippen LogP contribution in [0.3, 0.4) is 0 Å². The van der Waals surface area contributed by atoms with Gasteiger partial charge in [0.25, 0.3) is 0 Å². The van der Waals surface area contributed by atoms with Gasteiger partial charge >= 0.3 is 5.97 Å². The van der Waals surface area contributed by atoms with Crippen molar-refractivity contribution < 1.29 is 18.3 Å². The van der Waals surface area contributed by atoms with Crippen LogP contribution < -0.4 is 0 Å². The molecule has 0 fully saturated rings. The molecule has 0 aliphatic carbocycles. The molecule has 0 aliphatic rings. The number of benzene rings is 1. The van der Waals surface area contributed by atoms with E-state index >= 15 is 0 Å². The van der Waals surface area contributed by atoms with Gasteiger partial charge in [-0.3, -0.25) is 4.98 Å². The van der Waals surface area contributed by atoms with Crippen LogP contribution in [0.2, 0.25) is 5.02 Å². The third-order valence-corrected chi connectivity index (χ3v) is 4.73. The van der Waals surface area contributed by atoms with E-state index in [0.29, 0.717) is 5.52 Å². The Morgan fingerprint density at radius 3 is 2.60 bits per heavy atom. The first kappa shape index (κ1) is 16.7. The van der Waals surface area contributed by atoms with Crippen LogP contribution in [0.1, 0.15) is 17.3 Å². The largest absolute Gasteiger partial charge is 0.478 e. The molecule has 1 aromatic carbocycles. The molecule has 2 aromatic rings. The summed E-state index contributed by atoms with van der Waals surface area (Å²) in [6.45, 7) is 1.46. The fraction of sp³-hybridized carbons (Fsp3) is 0.167. The van der Waals surface area contributed by atoms with Gasteiger partial charge in [0.1, 0.15) is 0 Å². The van der Waals surface area contributed by atoms with Crippen molar-refractivity contribution in [2.24, 2.45) is 0 Å². The fourth-order valence-corrected chi connectivity index (χ4v) is 3.23. The summed E-state index contributed by atoms with van der Waals surface area (Å²) in [6, 6.07) is 4.12. The maximum atomic E-state index is 12.1. The van der Waals surface area contributed by atoms with Crippen LogP contribution in [0.5, 0.6) is 0 Å². The highest BCUT2D eigenvalue weighted by molar-refractivity contribution is 7.91. The molecule has 0 saturated carbocycles. The Balaban J connectivity index is 0.00000200. The lowest BCUT2D eigenvalue weighted by molar-refractivity contribution is 0.0693. The minimum Gasteiger partial charge on any atom is -0.478 e. The highest BCUT2D eigenvalue weighted by Crippen LogP contribution is 2.28. The molecular formula is C12H11Cl2NO4S. The Morgan fingerprint density at radius 1 is 1.40 bits per heavy atom. The van der Waals surface area contributed by atoms with Gasteiger partial charge in [0.2, 0.25) is 0 Å². The Morgan fingerprint density at radius 2 is 2.05 bits per heavy atom. The van der Waals surface area contributed by atoms with E-state index in [9.17, 15) is 13.2 Å². The summed E-state index contributed by atoms with van der Waals surface area (Å²) in [4.78, 5) is 15.0. The summed E-state index contributed by atoms with van der Waals surface area (Å²) in [5.74, 6) is -1.49. The average molecular weight is 336 g/mol. The minimum atomic E-state index is -3.70. The van der Waals surface area contributed by atoms with Crippen LogP contribution in [0.25, 0.3) is 10.9 Å². The van der Waals surface area contributed by atoms with Crippen molar-refractivity contribution in [3.63, 3.8) is 0 Å². The number of aromatic carboxylic acids is 1. The number of rotatable bonds is 3. The molecular weight excluding hydrogens is 325 g/mol. The van der Waals surface area contributed by atoms with E-state index in [0.717, 1.165) is 0 Å². The summed E-state index contributed by atoms with van der Waals surface area (Å²) in [7, 11) is -3.70. The second kappa shape index (κ2) is 5.95. The van der Waals surface area contributed by atoms with Gasteiger partial charge in [-0.25, -0.2) is 13.2 Å². The lowest BCUT2D eigenvalue weighted by Gasteiger charge is -2.10. The van der Waals surface area contributed by atoms with Crippen LogP contribution >= 0.6 is 24.0 Å². The molecule has 0 bridgehead atoms. The summed E-state index contributed by atoms with van der Waals surface area (Å²) in [5.41, 5.74) is 0.125. The number of fused-ring (bicyclic) bond motifs is 1.